The molecule has 4 aromatic heterocycles. The number of fused-ring (bicyclic) bond motifs is 3. The van der Waals surface area contributed by atoms with E-state index in [-0.39, 0.29) is 18.1 Å². The number of rotatable bonds is 2. The van der Waals surface area contributed by atoms with Gasteiger partial charge in [-0.1, -0.05) is 19.3 Å². The first-order chi connectivity index (χ1) is 15.0. The van der Waals surface area contributed by atoms with E-state index in [0.717, 1.165) is 51.9 Å². The summed E-state index contributed by atoms with van der Waals surface area (Å²) in [6.45, 7) is 1.97. The Morgan fingerprint density at radius 2 is 1.81 bits per heavy atom. The molecule has 8 nitrogen and oxygen atoms in total. The maximum atomic E-state index is 13.1. The number of nitrogens with zero attached hydrogens (tertiary/aromatic N) is 5. The Morgan fingerprint density at radius 1 is 1.06 bits per heavy atom. The molecule has 1 fully saturated rings. The molecule has 1 amide bonds. The lowest BCUT2D eigenvalue weighted by Gasteiger charge is -2.23. The zero-order chi connectivity index (χ0) is 22.0. The van der Waals surface area contributed by atoms with E-state index in [9.17, 15) is 4.79 Å². The topological polar surface area (TPSA) is 109 Å². The van der Waals surface area contributed by atoms with Crippen LogP contribution in [-0.2, 0) is 11.8 Å². The molecule has 4 heterocycles. The molecular weight excluding hydrogens is 392 g/mol. The third-order valence-electron chi connectivity index (χ3n) is 5.91. The Labute approximate surface area is 179 Å². The predicted octanol–water partition coefficient (Wildman–Crippen LogP) is 3.26. The highest BCUT2D eigenvalue weighted by molar-refractivity contribution is 6.00. The Hall–Kier alpha value is -3.55. The second-order valence-electron chi connectivity index (χ2n) is 7.88. The first kappa shape index (κ1) is 20.7. The van der Waals surface area contributed by atoms with Gasteiger partial charge in [-0.25, -0.2) is 9.78 Å². The standard InChI is InChI=1S/C22H23N5O.CH3NO/c1-14-8-9-15(12-23-14)17-10-11-18-20(25-17)21-19(13-24-18)26(2)22(28)27(21)16-6-4-3-5-7-16;2-1-3/h8-13,16H,3-7H2,1-2H3;1H,(H2,2,3). The third kappa shape index (κ3) is 3.81. The summed E-state index contributed by atoms with van der Waals surface area (Å²) in [7, 11) is 1.82. The SMILES string of the molecule is Cc1ccc(-c2ccc3ncc4c(c3n2)n(C2CCCCC2)c(=O)n4C)cn1.NC=O. The summed E-state index contributed by atoms with van der Waals surface area (Å²) in [4.78, 5) is 35.6. The molecule has 8 heteroatoms. The molecule has 0 aromatic carbocycles. The number of hydrogen-bond acceptors (Lipinski definition) is 5. The minimum atomic E-state index is 0.0282. The van der Waals surface area contributed by atoms with Gasteiger partial charge in [0.2, 0.25) is 6.41 Å². The normalized spacial score (nSPS) is 14.4. The Kier molecular flexibility index (Phi) is 5.79. The summed E-state index contributed by atoms with van der Waals surface area (Å²) in [5.74, 6) is 0. The number of nitrogens with two attached hydrogens (primary N) is 1. The van der Waals surface area contributed by atoms with Crippen LogP contribution in [0.5, 0.6) is 0 Å². The molecule has 0 spiro atoms. The number of carbonyl (C=O) groups excluding carboxylic acids is 1. The number of aryl methyl sites for hydroxylation is 2. The van der Waals surface area contributed by atoms with Crippen LogP contribution in [0.2, 0.25) is 0 Å². The van der Waals surface area contributed by atoms with E-state index in [0.29, 0.717) is 0 Å². The van der Waals surface area contributed by atoms with Gasteiger partial charge in [-0.3, -0.25) is 23.9 Å². The molecule has 0 unspecified atom stereocenters. The highest BCUT2D eigenvalue weighted by Crippen LogP contribution is 2.32. The van der Waals surface area contributed by atoms with Gasteiger partial charge in [0.05, 0.1) is 28.4 Å². The van der Waals surface area contributed by atoms with Gasteiger partial charge in [-0.05, 0) is 44.0 Å². The molecule has 1 saturated carbocycles. The summed E-state index contributed by atoms with van der Waals surface area (Å²) in [5, 5.41) is 0. The molecule has 31 heavy (non-hydrogen) atoms. The van der Waals surface area contributed by atoms with Crippen molar-refractivity contribution in [3.05, 3.63) is 52.8 Å². The summed E-state index contributed by atoms with van der Waals surface area (Å²) in [5.41, 5.74) is 10.3. The van der Waals surface area contributed by atoms with E-state index < -0.39 is 0 Å². The molecular formula is C23H26N6O2. The summed E-state index contributed by atoms with van der Waals surface area (Å²) in [6.07, 6.45) is 9.58. The molecule has 5 rings (SSSR count). The van der Waals surface area contributed by atoms with E-state index in [1.807, 2.05) is 49.0 Å². The fourth-order valence-corrected chi connectivity index (χ4v) is 4.34. The van der Waals surface area contributed by atoms with Gasteiger partial charge in [0, 0.05) is 30.5 Å². The molecule has 0 radical (unpaired) electrons. The third-order valence-corrected chi connectivity index (χ3v) is 5.91. The predicted molar refractivity (Wildman–Crippen MR) is 121 cm³/mol. The zero-order valence-electron chi connectivity index (χ0n) is 17.8. The molecule has 0 bridgehead atoms. The smallest absolute Gasteiger partial charge is 0.329 e. The van der Waals surface area contributed by atoms with Crippen LogP contribution in [0.25, 0.3) is 33.3 Å². The van der Waals surface area contributed by atoms with Crippen LogP contribution < -0.4 is 11.4 Å². The highest BCUT2D eigenvalue weighted by Gasteiger charge is 2.23. The van der Waals surface area contributed by atoms with E-state index in [4.69, 9.17) is 9.78 Å². The van der Waals surface area contributed by atoms with E-state index in [2.05, 4.69) is 15.7 Å². The van der Waals surface area contributed by atoms with Crippen molar-refractivity contribution in [2.24, 2.45) is 12.8 Å². The minimum absolute atomic E-state index is 0.0282. The second kappa shape index (κ2) is 8.67. The van der Waals surface area contributed by atoms with Crippen molar-refractivity contribution in [3.8, 4) is 11.3 Å². The summed E-state index contributed by atoms with van der Waals surface area (Å²) < 4.78 is 3.68. The van der Waals surface area contributed by atoms with Crippen LogP contribution in [0.15, 0.2) is 41.5 Å². The molecule has 1 aliphatic carbocycles. The molecule has 2 N–H and O–H groups in total. The monoisotopic (exact) mass is 418 g/mol. The quantitative estimate of drug-likeness (QED) is 0.503. The van der Waals surface area contributed by atoms with Crippen molar-refractivity contribution < 1.29 is 4.79 Å². The number of pyridine rings is 3. The number of primary amides is 1. The van der Waals surface area contributed by atoms with Crippen LogP contribution in [0.4, 0.5) is 0 Å². The largest absolute Gasteiger partial charge is 0.372 e. The van der Waals surface area contributed by atoms with Crippen molar-refractivity contribution >= 4 is 28.5 Å². The van der Waals surface area contributed by atoms with Crippen LogP contribution >= 0.6 is 0 Å². The molecule has 0 aliphatic heterocycles. The number of amides is 1. The van der Waals surface area contributed by atoms with E-state index >= 15 is 0 Å². The van der Waals surface area contributed by atoms with Gasteiger partial charge in [0.25, 0.3) is 0 Å². The Balaban J connectivity index is 0.000000730. The van der Waals surface area contributed by atoms with Crippen LogP contribution in [0, 0.1) is 6.92 Å². The minimum Gasteiger partial charge on any atom is -0.372 e. The zero-order valence-corrected chi connectivity index (χ0v) is 17.8. The maximum absolute atomic E-state index is 13.1. The lowest BCUT2D eigenvalue weighted by atomic mass is 9.95. The Bertz CT molecular complexity index is 1280. The Morgan fingerprint density at radius 3 is 2.48 bits per heavy atom. The highest BCUT2D eigenvalue weighted by atomic mass is 16.1. The molecule has 160 valence electrons. The van der Waals surface area contributed by atoms with Crippen LogP contribution in [0.1, 0.15) is 43.8 Å². The lowest BCUT2D eigenvalue weighted by molar-refractivity contribution is -0.106. The van der Waals surface area contributed by atoms with Crippen LogP contribution in [0.3, 0.4) is 0 Å². The number of carbonyl (C=O) groups is 1. The molecule has 0 saturated heterocycles. The van der Waals surface area contributed by atoms with Gasteiger partial charge < -0.3 is 5.73 Å². The fraction of sp³-hybridized carbons (Fsp3) is 0.348. The molecule has 1 aliphatic rings. The lowest BCUT2D eigenvalue weighted by Crippen LogP contribution is -2.27. The summed E-state index contributed by atoms with van der Waals surface area (Å²) >= 11 is 0. The average molecular weight is 419 g/mol. The van der Waals surface area contributed by atoms with E-state index in [1.54, 1.807) is 10.8 Å². The van der Waals surface area contributed by atoms with Gasteiger partial charge in [-0.15, -0.1) is 0 Å². The molecule has 0 atom stereocenters. The van der Waals surface area contributed by atoms with Crippen molar-refractivity contribution in [1.29, 1.82) is 0 Å². The van der Waals surface area contributed by atoms with Gasteiger partial charge in [0.15, 0.2) is 0 Å². The average Bonchev–Trinajstić information content (AvgIpc) is 3.06. The van der Waals surface area contributed by atoms with Crippen molar-refractivity contribution in [3.63, 3.8) is 0 Å². The second-order valence-corrected chi connectivity index (χ2v) is 7.88. The van der Waals surface area contributed by atoms with Gasteiger partial charge in [0.1, 0.15) is 5.52 Å². The summed E-state index contributed by atoms with van der Waals surface area (Å²) in [6, 6.07) is 8.21. The van der Waals surface area contributed by atoms with Crippen LogP contribution in [-0.4, -0.2) is 30.5 Å². The van der Waals surface area contributed by atoms with Crippen molar-refractivity contribution in [2.75, 3.05) is 0 Å². The number of imidazole rings is 1. The molecule has 4 aromatic rings. The fourth-order valence-electron chi connectivity index (χ4n) is 4.34. The van der Waals surface area contributed by atoms with Gasteiger partial charge >= 0.3 is 5.69 Å². The van der Waals surface area contributed by atoms with Crippen molar-refractivity contribution in [2.45, 2.75) is 45.1 Å². The number of aromatic nitrogens is 5. The first-order valence-electron chi connectivity index (χ1n) is 10.5. The van der Waals surface area contributed by atoms with Crippen molar-refractivity contribution in [1.82, 2.24) is 24.1 Å². The van der Waals surface area contributed by atoms with E-state index in [1.165, 1.54) is 19.3 Å². The number of hydrogen-bond donors (Lipinski definition) is 1. The maximum Gasteiger partial charge on any atom is 0.329 e. The van der Waals surface area contributed by atoms with Gasteiger partial charge in [-0.2, -0.15) is 0 Å². The first-order valence-corrected chi connectivity index (χ1v) is 10.5.